The van der Waals surface area contributed by atoms with Crippen molar-refractivity contribution in [1.82, 2.24) is 29.4 Å². The summed E-state index contributed by atoms with van der Waals surface area (Å²) in [6.45, 7) is 3.25. The number of imidazole rings is 1. The Labute approximate surface area is 173 Å². The second-order valence-corrected chi connectivity index (χ2v) is 7.10. The third-order valence-electron chi connectivity index (χ3n) is 5.26. The Morgan fingerprint density at radius 3 is 2.97 bits per heavy atom. The van der Waals surface area contributed by atoms with Crippen LogP contribution in [0.15, 0.2) is 18.6 Å². The van der Waals surface area contributed by atoms with Gasteiger partial charge in [0.05, 0.1) is 7.11 Å². The molecule has 1 fully saturated rings. The first kappa shape index (κ1) is 19.6. The minimum absolute atomic E-state index is 0.108. The van der Waals surface area contributed by atoms with E-state index in [1.165, 1.54) is 13.4 Å². The van der Waals surface area contributed by atoms with Gasteiger partial charge in [-0.3, -0.25) is 4.79 Å². The van der Waals surface area contributed by atoms with Crippen LogP contribution in [0.1, 0.15) is 25.3 Å². The first-order valence-electron chi connectivity index (χ1n) is 9.72. The fourth-order valence-electron chi connectivity index (χ4n) is 3.70. The summed E-state index contributed by atoms with van der Waals surface area (Å²) in [5.41, 5.74) is 2.30. The van der Waals surface area contributed by atoms with E-state index in [0.717, 1.165) is 13.0 Å². The van der Waals surface area contributed by atoms with E-state index < -0.39 is 0 Å². The Morgan fingerprint density at radius 1 is 1.40 bits per heavy atom. The zero-order valence-electron chi connectivity index (χ0n) is 17.1. The summed E-state index contributed by atoms with van der Waals surface area (Å²) in [5.74, 6) is 1.68. The van der Waals surface area contributed by atoms with Gasteiger partial charge in [-0.2, -0.15) is 5.26 Å². The summed E-state index contributed by atoms with van der Waals surface area (Å²) in [6.07, 6.45) is 4.47. The molecule has 1 aliphatic heterocycles. The Balaban J connectivity index is 1.67. The van der Waals surface area contributed by atoms with Crippen molar-refractivity contribution in [3.63, 3.8) is 0 Å². The SMILES string of the molecule is CCC(=O)N1CCC(Nc2ncnc3c2nc(-c2cnc(OC)c(C#N)c2)n3C)C1. The number of nitrogens with zero attached hydrogens (tertiary/aromatic N) is 7. The first-order valence-corrected chi connectivity index (χ1v) is 9.72. The normalized spacial score (nSPS) is 15.9. The number of anilines is 1. The summed E-state index contributed by atoms with van der Waals surface area (Å²) < 4.78 is 6.96. The predicted octanol–water partition coefficient (Wildman–Crippen LogP) is 1.73. The Hall–Kier alpha value is -3.74. The van der Waals surface area contributed by atoms with Crippen molar-refractivity contribution in [3.05, 3.63) is 24.2 Å². The van der Waals surface area contributed by atoms with Crippen molar-refractivity contribution in [2.24, 2.45) is 7.05 Å². The van der Waals surface area contributed by atoms with Crippen molar-refractivity contribution in [3.8, 4) is 23.3 Å². The molecular weight excluding hydrogens is 384 g/mol. The maximum Gasteiger partial charge on any atom is 0.231 e. The predicted molar refractivity (Wildman–Crippen MR) is 110 cm³/mol. The minimum atomic E-state index is 0.108. The van der Waals surface area contributed by atoms with Gasteiger partial charge in [0.2, 0.25) is 11.8 Å². The molecule has 30 heavy (non-hydrogen) atoms. The Morgan fingerprint density at radius 2 is 2.23 bits per heavy atom. The van der Waals surface area contributed by atoms with Gasteiger partial charge < -0.3 is 19.5 Å². The van der Waals surface area contributed by atoms with Gasteiger partial charge in [0.1, 0.15) is 23.8 Å². The molecule has 10 nitrogen and oxygen atoms in total. The number of fused-ring (bicyclic) bond motifs is 1. The topological polar surface area (TPSA) is 122 Å². The molecule has 1 aliphatic rings. The number of aromatic nitrogens is 5. The zero-order chi connectivity index (χ0) is 21.3. The number of hydrogen-bond acceptors (Lipinski definition) is 8. The highest BCUT2D eigenvalue weighted by Crippen LogP contribution is 2.28. The molecule has 0 saturated carbocycles. The van der Waals surface area contributed by atoms with Crippen molar-refractivity contribution in [2.45, 2.75) is 25.8 Å². The van der Waals surface area contributed by atoms with Crippen molar-refractivity contribution in [1.29, 1.82) is 5.26 Å². The van der Waals surface area contributed by atoms with Gasteiger partial charge >= 0.3 is 0 Å². The highest BCUT2D eigenvalue weighted by molar-refractivity contribution is 5.86. The van der Waals surface area contributed by atoms with E-state index in [1.807, 2.05) is 23.4 Å². The standard InChI is InChI=1S/C20H22N8O2/c1-4-15(29)28-6-5-14(10-28)25-17-16-19(24-11-23-17)27(2)18(26-16)13-7-12(8-21)20(30-3)22-9-13/h7,9,11,14H,4-6,10H2,1-3H3,(H,23,24,25). The number of nitrogens with one attached hydrogen (secondary N) is 1. The van der Waals surface area contributed by atoms with E-state index in [1.54, 1.807) is 12.3 Å². The number of amides is 1. The van der Waals surface area contributed by atoms with Crippen LogP contribution in [0, 0.1) is 11.3 Å². The number of rotatable bonds is 5. The Bertz CT molecular complexity index is 1150. The molecule has 0 aliphatic carbocycles. The lowest BCUT2D eigenvalue weighted by Gasteiger charge is -2.16. The molecule has 3 aromatic rings. The van der Waals surface area contributed by atoms with Crippen LogP contribution in [0.3, 0.4) is 0 Å². The van der Waals surface area contributed by atoms with Gasteiger partial charge in [-0.05, 0) is 12.5 Å². The summed E-state index contributed by atoms with van der Waals surface area (Å²) >= 11 is 0. The number of ether oxygens (including phenoxy) is 1. The molecule has 154 valence electrons. The van der Waals surface area contributed by atoms with Gasteiger partial charge in [-0.25, -0.2) is 19.9 Å². The highest BCUT2D eigenvalue weighted by atomic mass is 16.5. The number of hydrogen-bond donors (Lipinski definition) is 1. The molecule has 4 rings (SSSR count). The summed E-state index contributed by atoms with van der Waals surface area (Å²) in [4.78, 5) is 31.5. The van der Waals surface area contributed by atoms with Crippen molar-refractivity contribution < 1.29 is 9.53 Å². The van der Waals surface area contributed by atoms with Crippen LogP contribution in [0.25, 0.3) is 22.6 Å². The van der Waals surface area contributed by atoms with E-state index in [4.69, 9.17) is 9.72 Å². The fourth-order valence-corrected chi connectivity index (χ4v) is 3.70. The lowest BCUT2D eigenvalue weighted by molar-refractivity contribution is -0.129. The number of carbonyl (C=O) groups is 1. The average Bonchev–Trinajstić information content (AvgIpc) is 3.38. The largest absolute Gasteiger partial charge is 0.480 e. The monoisotopic (exact) mass is 406 g/mol. The van der Waals surface area contributed by atoms with Gasteiger partial charge in [0, 0.05) is 44.4 Å². The Kier molecular flexibility index (Phi) is 5.18. The highest BCUT2D eigenvalue weighted by Gasteiger charge is 2.26. The lowest BCUT2D eigenvalue weighted by atomic mass is 10.2. The van der Waals surface area contributed by atoms with Crippen molar-refractivity contribution >= 4 is 22.9 Å². The second-order valence-electron chi connectivity index (χ2n) is 7.10. The van der Waals surface area contributed by atoms with Gasteiger partial charge in [-0.1, -0.05) is 6.92 Å². The quantitative estimate of drug-likeness (QED) is 0.680. The van der Waals surface area contributed by atoms with Crippen LogP contribution in [0.2, 0.25) is 0 Å². The lowest BCUT2D eigenvalue weighted by Crippen LogP contribution is -2.31. The van der Waals surface area contributed by atoms with Crippen LogP contribution in [-0.2, 0) is 11.8 Å². The van der Waals surface area contributed by atoms with E-state index in [2.05, 4.69) is 26.3 Å². The van der Waals surface area contributed by atoms with Crippen LogP contribution >= 0.6 is 0 Å². The second kappa shape index (κ2) is 7.94. The number of carbonyl (C=O) groups excluding carboxylic acids is 1. The van der Waals surface area contributed by atoms with Gasteiger partial charge in [0.25, 0.3) is 0 Å². The van der Waals surface area contributed by atoms with Crippen LogP contribution in [0.4, 0.5) is 5.82 Å². The number of aryl methyl sites for hydroxylation is 1. The van der Waals surface area contributed by atoms with E-state index in [-0.39, 0.29) is 17.8 Å². The first-order chi connectivity index (χ1) is 14.5. The molecule has 3 aromatic heterocycles. The summed E-state index contributed by atoms with van der Waals surface area (Å²) in [5, 5.41) is 12.8. The summed E-state index contributed by atoms with van der Waals surface area (Å²) in [7, 11) is 3.33. The van der Waals surface area contributed by atoms with Gasteiger partial charge in [0.15, 0.2) is 17.0 Å². The third kappa shape index (κ3) is 3.39. The molecule has 4 heterocycles. The fraction of sp³-hybridized carbons (Fsp3) is 0.400. The van der Waals surface area contributed by atoms with Gasteiger partial charge in [-0.15, -0.1) is 0 Å². The molecule has 0 spiro atoms. The van der Waals surface area contributed by atoms with E-state index in [9.17, 15) is 10.1 Å². The molecule has 0 bridgehead atoms. The minimum Gasteiger partial charge on any atom is -0.480 e. The molecule has 1 saturated heterocycles. The maximum absolute atomic E-state index is 11.9. The number of nitriles is 1. The van der Waals surface area contributed by atoms with Crippen molar-refractivity contribution in [2.75, 3.05) is 25.5 Å². The molecular formula is C20H22N8O2. The maximum atomic E-state index is 11.9. The molecule has 1 atom stereocenters. The zero-order valence-corrected chi connectivity index (χ0v) is 17.1. The number of likely N-dealkylation sites (tertiary alicyclic amines) is 1. The van der Waals surface area contributed by atoms with E-state index >= 15 is 0 Å². The molecule has 0 aromatic carbocycles. The molecule has 1 unspecified atom stereocenters. The number of methoxy groups -OCH3 is 1. The number of pyridine rings is 1. The van der Waals surface area contributed by atoms with Crippen LogP contribution in [-0.4, -0.2) is 61.6 Å². The summed E-state index contributed by atoms with van der Waals surface area (Å²) in [6, 6.07) is 3.89. The third-order valence-corrected chi connectivity index (χ3v) is 5.26. The van der Waals surface area contributed by atoms with Crippen LogP contribution in [0.5, 0.6) is 5.88 Å². The molecule has 0 radical (unpaired) electrons. The molecule has 10 heteroatoms. The smallest absolute Gasteiger partial charge is 0.231 e. The molecule has 1 N–H and O–H groups in total. The molecule has 1 amide bonds. The average molecular weight is 406 g/mol. The van der Waals surface area contributed by atoms with E-state index in [0.29, 0.717) is 46.9 Å². The van der Waals surface area contributed by atoms with Crippen LogP contribution < -0.4 is 10.1 Å².